The molecule has 2 N–H and O–H groups in total. The molecule has 1 aromatic carbocycles. The van der Waals surface area contributed by atoms with Crippen LogP contribution < -0.4 is 15.5 Å². The van der Waals surface area contributed by atoms with Crippen molar-refractivity contribution < 1.29 is 4.79 Å². The zero-order chi connectivity index (χ0) is 17.1. The minimum absolute atomic E-state index is 0.384. The van der Waals surface area contributed by atoms with Gasteiger partial charge in [0.1, 0.15) is 0 Å². The van der Waals surface area contributed by atoms with E-state index in [-0.39, 0.29) is 6.03 Å². The summed E-state index contributed by atoms with van der Waals surface area (Å²) in [5.41, 5.74) is 0.555. The molecular weight excluding hydrogens is 346 g/mol. The highest BCUT2D eigenvalue weighted by molar-refractivity contribution is 7.19. The van der Waals surface area contributed by atoms with Crippen LogP contribution in [0.3, 0.4) is 0 Å². The number of carbonyl (C=O) groups is 1. The molecule has 1 aliphatic rings. The molecule has 2 atom stereocenters. The minimum Gasteiger partial charge on any atom is -0.341 e. The van der Waals surface area contributed by atoms with Crippen molar-refractivity contribution in [1.82, 2.24) is 10.2 Å². The van der Waals surface area contributed by atoms with E-state index < -0.39 is 0 Å². The molecule has 2 aromatic rings. The molecule has 0 unspecified atom stereocenters. The fraction of sp³-hybridized carbons (Fsp3) is 0.438. The number of piperidine rings is 1. The van der Waals surface area contributed by atoms with Crippen molar-refractivity contribution in [2.75, 3.05) is 15.5 Å². The van der Waals surface area contributed by atoms with E-state index in [1.165, 1.54) is 17.8 Å². The second kappa shape index (κ2) is 7.36. The number of rotatable bonds is 3. The molecule has 0 bridgehead atoms. The second-order valence-corrected chi connectivity index (χ2v) is 7.35. The minimum atomic E-state index is -0.384. The van der Waals surface area contributed by atoms with Crippen LogP contribution in [0.2, 0.25) is 5.02 Å². The van der Waals surface area contributed by atoms with Crippen molar-refractivity contribution in [3.8, 4) is 0 Å². The normalized spacial score (nSPS) is 20.7. The Kier molecular flexibility index (Phi) is 5.20. The summed E-state index contributed by atoms with van der Waals surface area (Å²) in [5.74, 6) is 0. The fourth-order valence-corrected chi connectivity index (χ4v) is 4.11. The van der Waals surface area contributed by atoms with Crippen LogP contribution in [0.4, 0.5) is 20.7 Å². The first-order valence-electron chi connectivity index (χ1n) is 7.99. The molecule has 6 nitrogen and oxygen atoms in total. The van der Waals surface area contributed by atoms with Crippen LogP contribution in [-0.4, -0.2) is 28.3 Å². The Bertz CT molecular complexity index is 712. The summed E-state index contributed by atoms with van der Waals surface area (Å²) < 4.78 is 0. The smallest absolute Gasteiger partial charge is 0.325 e. The van der Waals surface area contributed by atoms with Gasteiger partial charge in [-0.05, 0) is 45.2 Å². The van der Waals surface area contributed by atoms with Crippen LogP contribution in [-0.2, 0) is 0 Å². The van der Waals surface area contributed by atoms with Crippen LogP contribution in [0.15, 0.2) is 24.3 Å². The summed E-state index contributed by atoms with van der Waals surface area (Å²) in [6.45, 7) is 4.41. The van der Waals surface area contributed by atoms with Crippen molar-refractivity contribution in [1.29, 1.82) is 0 Å². The molecule has 24 heavy (non-hydrogen) atoms. The summed E-state index contributed by atoms with van der Waals surface area (Å²) >= 11 is 7.42. The number of anilines is 3. The highest BCUT2D eigenvalue weighted by atomic mass is 35.5. The molecule has 1 aliphatic heterocycles. The van der Waals surface area contributed by atoms with Crippen molar-refractivity contribution in [3.63, 3.8) is 0 Å². The van der Waals surface area contributed by atoms with Crippen molar-refractivity contribution in [3.05, 3.63) is 29.3 Å². The zero-order valence-electron chi connectivity index (χ0n) is 13.6. The number of nitrogens with one attached hydrogen (secondary N) is 2. The van der Waals surface area contributed by atoms with Gasteiger partial charge in [-0.2, -0.15) is 0 Å². The first-order chi connectivity index (χ1) is 11.5. The van der Waals surface area contributed by atoms with E-state index in [0.29, 0.717) is 27.9 Å². The lowest BCUT2D eigenvalue weighted by molar-refractivity contribution is 0.262. The molecule has 0 radical (unpaired) electrons. The summed E-state index contributed by atoms with van der Waals surface area (Å²) in [6.07, 6.45) is 3.54. The van der Waals surface area contributed by atoms with E-state index in [1.54, 1.807) is 12.1 Å². The van der Waals surface area contributed by atoms with Crippen molar-refractivity contribution >= 4 is 44.9 Å². The highest BCUT2D eigenvalue weighted by Gasteiger charge is 2.27. The van der Waals surface area contributed by atoms with Gasteiger partial charge in [-0.25, -0.2) is 4.79 Å². The standard InChI is InChI=1S/C16H20ClN5OS/c1-10-6-5-7-11(2)22(10)16-21-20-15(24-16)19-14(23)18-13-9-4-3-8-12(13)17/h3-4,8-11H,5-7H2,1-2H3,(H2,18,19,20,23)/t10-,11+. The SMILES string of the molecule is C[C@@H]1CCC[C@H](C)N1c1nnc(NC(=O)Nc2ccccc2Cl)s1. The molecule has 3 rings (SSSR count). The number of hydrogen-bond donors (Lipinski definition) is 2. The molecule has 0 spiro atoms. The number of aromatic nitrogens is 2. The maximum Gasteiger partial charge on any atom is 0.325 e. The van der Waals surface area contributed by atoms with Crippen LogP contribution in [0.1, 0.15) is 33.1 Å². The van der Waals surface area contributed by atoms with E-state index >= 15 is 0 Å². The van der Waals surface area contributed by atoms with E-state index in [0.717, 1.165) is 18.0 Å². The Balaban J connectivity index is 1.65. The van der Waals surface area contributed by atoms with Crippen LogP contribution >= 0.6 is 22.9 Å². The number of halogens is 1. The average Bonchev–Trinajstić information content (AvgIpc) is 2.97. The van der Waals surface area contributed by atoms with Gasteiger partial charge in [0.2, 0.25) is 10.3 Å². The average molecular weight is 366 g/mol. The summed E-state index contributed by atoms with van der Waals surface area (Å²) in [6, 6.07) is 7.57. The number of benzene rings is 1. The van der Waals surface area contributed by atoms with E-state index in [9.17, 15) is 4.79 Å². The maximum atomic E-state index is 12.1. The van der Waals surface area contributed by atoms with Gasteiger partial charge in [0, 0.05) is 12.1 Å². The Morgan fingerprint density at radius 2 is 1.92 bits per heavy atom. The van der Waals surface area contributed by atoms with Gasteiger partial charge < -0.3 is 10.2 Å². The van der Waals surface area contributed by atoms with Gasteiger partial charge in [0.05, 0.1) is 10.7 Å². The molecular formula is C16H20ClN5OS. The second-order valence-electron chi connectivity index (χ2n) is 5.98. The molecule has 0 aliphatic carbocycles. The Morgan fingerprint density at radius 3 is 2.62 bits per heavy atom. The Labute approximate surface area is 150 Å². The van der Waals surface area contributed by atoms with Crippen molar-refractivity contribution in [2.45, 2.75) is 45.2 Å². The molecule has 2 amide bonds. The number of amides is 2. The number of carbonyl (C=O) groups excluding carboxylic acids is 1. The van der Waals surface area contributed by atoms with Gasteiger partial charge in [0.25, 0.3) is 0 Å². The first kappa shape index (κ1) is 17.0. The highest BCUT2D eigenvalue weighted by Crippen LogP contribution is 2.32. The molecule has 2 heterocycles. The maximum absolute atomic E-state index is 12.1. The summed E-state index contributed by atoms with van der Waals surface area (Å²) in [5, 5.41) is 15.6. The Hall–Kier alpha value is -1.86. The molecule has 0 saturated carbocycles. The largest absolute Gasteiger partial charge is 0.341 e. The Morgan fingerprint density at radius 1 is 1.21 bits per heavy atom. The van der Waals surface area contributed by atoms with E-state index in [2.05, 4.69) is 39.6 Å². The monoisotopic (exact) mass is 365 g/mol. The predicted molar refractivity (Wildman–Crippen MR) is 99.3 cm³/mol. The third kappa shape index (κ3) is 3.79. The van der Waals surface area contributed by atoms with Gasteiger partial charge in [0.15, 0.2) is 0 Å². The first-order valence-corrected chi connectivity index (χ1v) is 9.18. The van der Waals surface area contributed by atoms with Gasteiger partial charge in [-0.3, -0.25) is 5.32 Å². The number of nitrogens with zero attached hydrogens (tertiary/aromatic N) is 3. The van der Waals surface area contributed by atoms with Crippen LogP contribution in [0.5, 0.6) is 0 Å². The number of urea groups is 1. The van der Waals surface area contributed by atoms with Crippen LogP contribution in [0.25, 0.3) is 0 Å². The fourth-order valence-electron chi connectivity index (χ4n) is 2.98. The van der Waals surface area contributed by atoms with E-state index in [4.69, 9.17) is 11.6 Å². The molecule has 1 aromatic heterocycles. The third-order valence-electron chi connectivity index (χ3n) is 4.17. The molecule has 1 saturated heterocycles. The van der Waals surface area contributed by atoms with Gasteiger partial charge in [-0.15, -0.1) is 10.2 Å². The summed E-state index contributed by atoms with van der Waals surface area (Å²) in [7, 11) is 0. The number of hydrogen-bond acceptors (Lipinski definition) is 5. The third-order valence-corrected chi connectivity index (χ3v) is 5.35. The molecule has 1 fully saturated rings. The molecule has 128 valence electrons. The lowest BCUT2D eigenvalue weighted by Gasteiger charge is -2.38. The predicted octanol–water partition coefficient (Wildman–Crippen LogP) is 4.60. The molecule has 8 heteroatoms. The van der Waals surface area contributed by atoms with Crippen LogP contribution in [0, 0.1) is 0 Å². The topological polar surface area (TPSA) is 70.2 Å². The lowest BCUT2D eigenvalue weighted by atomic mass is 9.98. The lowest BCUT2D eigenvalue weighted by Crippen LogP contribution is -2.43. The van der Waals surface area contributed by atoms with Gasteiger partial charge >= 0.3 is 6.03 Å². The number of para-hydroxylation sites is 1. The zero-order valence-corrected chi connectivity index (χ0v) is 15.2. The van der Waals surface area contributed by atoms with E-state index in [1.807, 2.05) is 12.1 Å². The quantitative estimate of drug-likeness (QED) is 0.833. The van der Waals surface area contributed by atoms with Crippen molar-refractivity contribution in [2.24, 2.45) is 0 Å². The van der Waals surface area contributed by atoms with Gasteiger partial charge in [-0.1, -0.05) is 35.1 Å². The summed E-state index contributed by atoms with van der Waals surface area (Å²) in [4.78, 5) is 14.4.